The predicted octanol–water partition coefficient (Wildman–Crippen LogP) is 5.54. The average molecular weight is 458 g/mol. The molecule has 1 heterocycles. The highest BCUT2D eigenvalue weighted by atomic mass is 19.1. The second-order valence-corrected chi connectivity index (χ2v) is 8.81. The lowest BCUT2D eigenvalue weighted by molar-refractivity contribution is -0.384. The molecule has 1 atom stereocenters. The molecular weight excluding hydrogens is 433 g/mol. The van der Waals surface area contributed by atoms with E-state index in [1.54, 1.807) is 24.3 Å². The summed E-state index contributed by atoms with van der Waals surface area (Å²) < 4.78 is 15.7. The zero-order valence-electron chi connectivity index (χ0n) is 18.5. The zero-order chi connectivity index (χ0) is 23.7. The maximum atomic E-state index is 13.7. The van der Waals surface area contributed by atoms with Gasteiger partial charge < -0.3 is 9.88 Å². The number of nitrogens with one attached hydrogen (secondary N) is 1. The molecule has 0 aliphatic heterocycles. The third-order valence-corrected chi connectivity index (χ3v) is 6.28. The van der Waals surface area contributed by atoms with Crippen molar-refractivity contribution < 1.29 is 14.1 Å². The third kappa shape index (κ3) is 4.69. The second kappa shape index (κ2) is 9.09. The van der Waals surface area contributed by atoms with Crippen LogP contribution in [0.5, 0.6) is 0 Å². The lowest BCUT2D eigenvalue weighted by Crippen LogP contribution is -2.27. The van der Waals surface area contributed by atoms with Crippen molar-refractivity contribution in [2.45, 2.75) is 37.8 Å². The van der Waals surface area contributed by atoms with Crippen molar-refractivity contribution in [3.8, 4) is 0 Å². The summed E-state index contributed by atoms with van der Waals surface area (Å²) in [6.45, 7) is 0.583. The number of carbonyl (C=O) groups excluding carboxylic acids is 1. The van der Waals surface area contributed by atoms with Crippen LogP contribution in [0.25, 0.3) is 10.9 Å². The Morgan fingerprint density at radius 3 is 2.50 bits per heavy atom. The van der Waals surface area contributed by atoms with E-state index in [4.69, 9.17) is 0 Å². The van der Waals surface area contributed by atoms with Crippen molar-refractivity contribution in [1.29, 1.82) is 0 Å². The quantitative estimate of drug-likeness (QED) is 0.279. The van der Waals surface area contributed by atoms with Crippen molar-refractivity contribution in [2.75, 3.05) is 0 Å². The largest absolute Gasteiger partial charge is 0.353 e. The third-order valence-electron chi connectivity index (χ3n) is 6.28. The van der Waals surface area contributed by atoms with Crippen molar-refractivity contribution in [2.24, 2.45) is 0 Å². The normalized spacial score (nSPS) is 14.1. The van der Waals surface area contributed by atoms with Crippen LogP contribution in [-0.4, -0.2) is 21.4 Å². The standard InChI is InChI=1S/C27H24FN3O3/c28-20-8-6-19(7-9-20)23(15-27(32)29-21-10-11-21)25-17-30(16-18-4-2-1-3-5-18)26-13-12-22(31(33)34)14-24(25)26/h1-9,12-14,17,21,23H,10-11,15-16H2,(H,29,32)/t23-/m1/s1. The van der Waals surface area contributed by atoms with E-state index in [2.05, 4.69) is 9.88 Å². The van der Waals surface area contributed by atoms with Crippen LogP contribution in [0.3, 0.4) is 0 Å². The van der Waals surface area contributed by atoms with Gasteiger partial charge in [-0.3, -0.25) is 14.9 Å². The first-order valence-electron chi connectivity index (χ1n) is 11.3. The number of rotatable bonds is 8. The Labute approximate surface area is 196 Å². The first-order chi connectivity index (χ1) is 16.5. The average Bonchev–Trinajstić information content (AvgIpc) is 3.58. The predicted molar refractivity (Wildman–Crippen MR) is 128 cm³/mol. The van der Waals surface area contributed by atoms with Crippen LogP contribution in [0.1, 0.15) is 41.9 Å². The Kier molecular flexibility index (Phi) is 5.84. The lowest BCUT2D eigenvalue weighted by atomic mass is 9.88. The lowest BCUT2D eigenvalue weighted by Gasteiger charge is -2.17. The molecule has 5 rings (SSSR count). The summed E-state index contributed by atoms with van der Waals surface area (Å²) in [7, 11) is 0. The van der Waals surface area contributed by atoms with Gasteiger partial charge in [0.2, 0.25) is 5.91 Å². The minimum Gasteiger partial charge on any atom is -0.353 e. The molecule has 3 aromatic carbocycles. The fraction of sp³-hybridized carbons (Fsp3) is 0.222. The molecule has 0 spiro atoms. The monoisotopic (exact) mass is 457 g/mol. The maximum Gasteiger partial charge on any atom is 0.270 e. The number of hydrogen-bond donors (Lipinski definition) is 1. The highest BCUT2D eigenvalue weighted by molar-refractivity contribution is 5.88. The fourth-order valence-corrected chi connectivity index (χ4v) is 4.42. The summed E-state index contributed by atoms with van der Waals surface area (Å²) in [5, 5.41) is 15.3. The van der Waals surface area contributed by atoms with Gasteiger partial charge in [0, 0.05) is 54.2 Å². The van der Waals surface area contributed by atoms with Gasteiger partial charge in [0.1, 0.15) is 5.82 Å². The van der Waals surface area contributed by atoms with Crippen LogP contribution < -0.4 is 5.32 Å². The van der Waals surface area contributed by atoms with E-state index in [9.17, 15) is 19.3 Å². The van der Waals surface area contributed by atoms with Gasteiger partial charge in [-0.2, -0.15) is 0 Å². The Morgan fingerprint density at radius 1 is 1.09 bits per heavy atom. The van der Waals surface area contributed by atoms with Gasteiger partial charge >= 0.3 is 0 Å². The van der Waals surface area contributed by atoms with Crippen LogP contribution in [-0.2, 0) is 11.3 Å². The van der Waals surface area contributed by atoms with E-state index in [0.717, 1.165) is 40.4 Å². The molecule has 6 nitrogen and oxygen atoms in total. The Hall–Kier alpha value is -4.00. The molecule has 1 aliphatic rings. The van der Waals surface area contributed by atoms with Gasteiger partial charge in [-0.25, -0.2) is 4.39 Å². The highest BCUT2D eigenvalue weighted by Gasteiger charge is 2.28. The molecule has 172 valence electrons. The van der Waals surface area contributed by atoms with E-state index in [-0.39, 0.29) is 35.8 Å². The van der Waals surface area contributed by atoms with Crippen LogP contribution in [0, 0.1) is 15.9 Å². The number of nitrogens with zero attached hydrogens (tertiary/aromatic N) is 2. The number of benzene rings is 3. The molecular formula is C27H24FN3O3. The second-order valence-electron chi connectivity index (χ2n) is 8.81. The molecule has 1 N–H and O–H groups in total. The van der Waals surface area contributed by atoms with Crippen LogP contribution in [0.4, 0.5) is 10.1 Å². The fourth-order valence-electron chi connectivity index (χ4n) is 4.42. The number of hydrogen-bond acceptors (Lipinski definition) is 3. The van der Waals surface area contributed by atoms with E-state index >= 15 is 0 Å². The Morgan fingerprint density at radius 2 is 1.82 bits per heavy atom. The number of carbonyl (C=O) groups is 1. The molecule has 34 heavy (non-hydrogen) atoms. The molecule has 0 bridgehead atoms. The zero-order valence-corrected chi connectivity index (χ0v) is 18.5. The number of fused-ring (bicyclic) bond motifs is 1. The molecule has 7 heteroatoms. The van der Waals surface area contributed by atoms with Gasteiger partial charge in [0.15, 0.2) is 0 Å². The first-order valence-corrected chi connectivity index (χ1v) is 11.3. The molecule has 0 unspecified atom stereocenters. The van der Waals surface area contributed by atoms with Gasteiger partial charge in [-0.15, -0.1) is 0 Å². The Bertz CT molecular complexity index is 1350. The molecule has 0 saturated heterocycles. The van der Waals surface area contributed by atoms with E-state index in [1.807, 2.05) is 36.5 Å². The molecule has 1 saturated carbocycles. The van der Waals surface area contributed by atoms with E-state index in [0.29, 0.717) is 6.54 Å². The summed E-state index contributed by atoms with van der Waals surface area (Å²) >= 11 is 0. The van der Waals surface area contributed by atoms with Crippen LogP contribution >= 0.6 is 0 Å². The summed E-state index contributed by atoms with van der Waals surface area (Å²) in [5.74, 6) is -0.806. The maximum absolute atomic E-state index is 13.7. The Balaban J connectivity index is 1.63. The van der Waals surface area contributed by atoms with E-state index < -0.39 is 4.92 Å². The highest BCUT2D eigenvalue weighted by Crippen LogP contribution is 2.37. The van der Waals surface area contributed by atoms with Crippen molar-refractivity contribution >= 4 is 22.5 Å². The molecule has 1 amide bonds. The summed E-state index contributed by atoms with van der Waals surface area (Å²) in [6.07, 6.45) is 4.11. The summed E-state index contributed by atoms with van der Waals surface area (Å²) in [4.78, 5) is 23.9. The van der Waals surface area contributed by atoms with Gasteiger partial charge in [-0.05, 0) is 47.7 Å². The van der Waals surface area contributed by atoms with Crippen molar-refractivity contribution in [3.05, 3.63) is 112 Å². The van der Waals surface area contributed by atoms with E-state index in [1.165, 1.54) is 18.2 Å². The number of halogens is 1. The van der Waals surface area contributed by atoms with Gasteiger partial charge in [-0.1, -0.05) is 42.5 Å². The number of amides is 1. The van der Waals surface area contributed by atoms with Crippen molar-refractivity contribution in [3.63, 3.8) is 0 Å². The SMILES string of the molecule is O=C(C[C@H](c1ccc(F)cc1)c1cn(Cc2ccccc2)c2ccc([N+](=O)[O-])cc12)NC1CC1. The first kappa shape index (κ1) is 21.8. The minimum atomic E-state index is -0.412. The van der Waals surface area contributed by atoms with Gasteiger partial charge in [0.25, 0.3) is 5.69 Å². The molecule has 1 aromatic heterocycles. The topological polar surface area (TPSA) is 77.2 Å². The number of nitro groups is 1. The van der Waals surface area contributed by atoms with Crippen LogP contribution in [0.2, 0.25) is 0 Å². The number of aromatic nitrogens is 1. The molecule has 1 aliphatic carbocycles. The van der Waals surface area contributed by atoms with Crippen molar-refractivity contribution in [1.82, 2.24) is 9.88 Å². The minimum absolute atomic E-state index is 0.00787. The molecule has 4 aromatic rings. The molecule has 0 radical (unpaired) electrons. The van der Waals surface area contributed by atoms with Crippen LogP contribution in [0.15, 0.2) is 79.0 Å². The summed E-state index contributed by atoms with van der Waals surface area (Å²) in [5.41, 5.74) is 3.53. The number of non-ortho nitro benzene ring substituents is 1. The smallest absolute Gasteiger partial charge is 0.270 e. The van der Waals surface area contributed by atoms with Gasteiger partial charge in [0.05, 0.1) is 4.92 Å². The molecule has 1 fully saturated rings. The number of nitro benzene ring substituents is 1. The summed E-state index contributed by atoms with van der Waals surface area (Å²) in [6, 6.07) is 21.1.